The van der Waals surface area contributed by atoms with Gasteiger partial charge in [0.25, 0.3) is 0 Å². The standard InChI is InChI=1S/C11H14F3N3O3/c12-11(13,14)9-2-7(20-17-9)4-16-10(19)1-6-3-15-5-8(6)18/h2,6,8,15,18H,1,3-5H2,(H,16,19)/t6-,8-/m1/s1. The van der Waals surface area contributed by atoms with Gasteiger partial charge in [-0.1, -0.05) is 5.16 Å². The largest absolute Gasteiger partial charge is 0.436 e. The van der Waals surface area contributed by atoms with Crippen molar-refractivity contribution in [1.29, 1.82) is 0 Å². The number of nitrogens with zero attached hydrogens (tertiary/aromatic N) is 1. The normalized spacial score (nSPS) is 23.0. The predicted octanol–water partition coefficient (Wildman–Crippen LogP) is 0.280. The molecule has 112 valence electrons. The molecule has 1 aromatic rings. The van der Waals surface area contributed by atoms with Gasteiger partial charge in [-0.2, -0.15) is 13.2 Å². The number of amides is 1. The van der Waals surface area contributed by atoms with Crippen LogP contribution in [0.4, 0.5) is 13.2 Å². The van der Waals surface area contributed by atoms with Crippen LogP contribution < -0.4 is 10.6 Å². The quantitative estimate of drug-likeness (QED) is 0.742. The summed E-state index contributed by atoms with van der Waals surface area (Å²) in [4.78, 5) is 11.6. The number of rotatable bonds is 4. The Morgan fingerprint density at radius 2 is 2.30 bits per heavy atom. The maximum Gasteiger partial charge on any atom is 0.436 e. The summed E-state index contributed by atoms with van der Waals surface area (Å²) in [5, 5.41) is 17.8. The molecule has 0 bridgehead atoms. The summed E-state index contributed by atoms with van der Waals surface area (Å²) in [6.45, 7) is 0.808. The van der Waals surface area contributed by atoms with Crippen molar-refractivity contribution in [2.75, 3.05) is 13.1 Å². The molecule has 2 rings (SSSR count). The third-order valence-corrected chi connectivity index (χ3v) is 3.06. The summed E-state index contributed by atoms with van der Waals surface area (Å²) in [5.74, 6) is -0.617. The fourth-order valence-electron chi connectivity index (χ4n) is 1.95. The van der Waals surface area contributed by atoms with Crippen molar-refractivity contribution >= 4 is 5.91 Å². The highest BCUT2D eigenvalue weighted by molar-refractivity contribution is 5.76. The van der Waals surface area contributed by atoms with Crippen LogP contribution in [-0.4, -0.2) is 35.4 Å². The molecule has 2 atom stereocenters. The van der Waals surface area contributed by atoms with Gasteiger partial charge in [0.05, 0.1) is 12.6 Å². The number of hydrogen-bond acceptors (Lipinski definition) is 5. The van der Waals surface area contributed by atoms with E-state index in [0.717, 1.165) is 6.07 Å². The average Bonchev–Trinajstić information content (AvgIpc) is 2.96. The Labute approximate surface area is 112 Å². The summed E-state index contributed by atoms with van der Waals surface area (Å²) < 4.78 is 41.3. The summed E-state index contributed by atoms with van der Waals surface area (Å²) in [7, 11) is 0. The molecule has 2 heterocycles. The number of hydrogen-bond donors (Lipinski definition) is 3. The number of carbonyl (C=O) groups excluding carboxylic acids is 1. The zero-order chi connectivity index (χ0) is 14.8. The van der Waals surface area contributed by atoms with Crippen molar-refractivity contribution in [2.45, 2.75) is 25.2 Å². The summed E-state index contributed by atoms with van der Waals surface area (Å²) in [6.07, 6.45) is -5.04. The monoisotopic (exact) mass is 293 g/mol. The van der Waals surface area contributed by atoms with Crippen molar-refractivity contribution in [3.63, 3.8) is 0 Å². The van der Waals surface area contributed by atoms with Gasteiger partial charge in [0, 0.05) is 31.5 Å². The molecule has 20 heavy (non-hydrogen) atoms. The average molecular weight is 293 g/mol. The van der Waals surface area contributed by atoms with Gasteiger partial charge < -0.3 is 20.3 Å². The molecule has 6 nitrogen and oxygen atoms in total. The highest BCUT2D eigenvalue weighted by Gasteiger charge is 2.35. The lowest BCUT2D eigenvalue weighted by molar-refractivity contribution is -0.142. The molecule has 9 heteroatoms. The Balaban J connectivity index is 1.80. The van der Waals surface area contributed by atoms with Crippen molar-refractivity contribution in [2.24, 2.45) is 5.92 Å². The molecule has 0 radical (unpaired) electrons. The van der Waals surface area contributed by atoms with Crippen LogP contribution in [0.2, 0.25) is 0 Å². The molecule has 0 aromatic carbocycles. The Kier molecular flexibility index (Phi) is 4.29. The van der Waals surface area contributed by atoms with E-state index in [9.17, 15) is 23.1 Å². The van der Waals surface area contributed by atoms with E-state index >= 15 is 0 Å². The molecule has 0 aliphatic carbocycles. The van der Waals surface area contributed by atoms with E-state index < -0.39 is 18.0 Å². The summed E-state index contributed by atoms with van der Waals surface area (Å²) in [6, 6.07) is 0.742. The van der Waals surface area contributed by atoms with Gasteiger partial charge >= 0.3 is 6.18 Å². The van der Waals surface area contributed by atoms with Crippen molar-refractivity contribution in [1.82, 2.24) is 15.8 Å². The van der Waals surface area contributed by atoms with Crippen LogP contribution in [0.15, 0.2) is 10.6 Å². The Hall–Kier alpha value is -1.61. The topological polar surface area (TPSA) is 87.4 Å². The van der Waals surface area contributed by atoms with Gasteiger partial charge in [0.1, 0.15) is 0 Å². The first-order valence-electron chi connectivity index (χ1n) is 6.04. The van der Waals surface area contributed by atoms with Gasteiger partial charge in [-0.05, 0) is 0 Å². The van der Waals surface area contributed by atoms with Crippen LogP contribution in [0.25, 0.3) is 0 Å². The van der Waals surface area contributed by atoms with E-state index in [0.29, 0.717) is 13.1 Å². The summed E-state index contributed by atoms with van der Waals surface area (Å²) in [5.41, 5.74) is -1.13. The molecule has 1 aromatic heterocycles. The molecule has 0 saturated carbocycles. The second kappa shape index (κ2) is 5.80. The van der Waals surface area contributed by atoms with E-state index in [1.807, 2.05) is 0 Å². The molecule has 1 aliphatic rings. The third-order valence-electron chi connectivity index (χ3n) is 3.06. The van der Waals surface area contributed by atoms with Crippen LogP contribution in [-0.2, 0) is 17.5 Å². The molecule has 0 unspecified atom stereocenters. The van der Waals surface area contributed by atoms with Crippen LogP contribution in [0, 0.1) is 5.92 Å². The van der Waals surface area contributed by atoms with Gasteiger partial charge in [-0.15, -0.1) is 0 Å². The molecule has 1 aliphatic heterocycles. The van der Waals surface area contributed by atoms with Crippen LogP contribution in [0.5, 0.6) is 0 Å². The number of β-amino-alcohol motifs (C(OH)–C–C–N with tert-alkyl or cyclic N) is 1. The number of carbonyl (C=O) groups is 1. The van der Waals surface area contributed by atoms with Crippen molar-refractivity contribution in [3.8, 4) is 0 Å². The molecule has 3 N–H and O–H groups in total. The van der Waals surface area contributed by atoms with Gasteiger partial charge in [0.2, 0.25) is 5.91 Å². The first-order valence-corrected chi connectivity index (χ1v) is 6.04. The number of halogens is 3. The molecule has 1 fully saturated rings. The zero-order valence-electron chi connectivity index (χ0n) is 10.4. The fourth-order valence-corrected chi connectivity index (χ4v) is 1.95. The number of nitrogens with one attached hydrogen (secondary N) is 2. The SMILES string of the molecule is O=C(C[C@@H]1CNC[C@H]1O)NCc1cc(C(F)(F)F)no1. The van der Waals surface area contributed by atoms with Crippen LogP contribution >= 0.6 is 0 Å². The van der Waals surface area contributed by atoms with Crippen molar-refractivity contribution in [3.05, 3.63) is 17.5 Å². The number of aliphatic hydroxyl groups excluding tert-OH is 1. The molecule has 1 amide bonds. The minimum absolute atomic E-state index is 0.0734. The predicted molar refractivity (Wildman–Crippen MR) is 60.3 cm³/mol. The van der Waals surface area contributed by atoms with Crippen molar-refractivity contribution < 1.29 is 27.6 Å². The highest BCUT2D eigenvalue weighted by Crippen LogP contribution is 2.28. The van der Waals surface area contributed by atoms with Crippen LogP contribution in [0.3, 0.4) is 0 Å². The fraction of sp³-hybridized carbons (Fsp3) is 0.636. The highest BCUT2D eigenvalue weighted by atomic mass is 19.4. The molecule has 0 spiro atoms. The Bertz CT molecular complexity index is 475. The summed E-state index contributed by atoms with van der Waals surface area (Å²) >= 11 is 0. The van der Waals surface area contributed by atoms with Gasteiger partial charge in [-0.3, -0.25) is 4.79 Å². The molecular formula is C11H14F3N3O3. The number of aromatic nitrogens is 1. The van der Waals surface area contributed by atoms with E-state index in [4.69, 9.17) is 0 Å². The van der Waals surface area contributed by atoms with E-state index in [-0.39, 0.29) is 30.6 Å². The second-order valence-corrected chi connectivity index (χ2v) is 4.64. The third kappa shape index (κ3) is 3.70. The lowest BCUT2D eigenvalue weighted by atomic mass is 10.0. The van der Waals surface area contributed by atoms with Gasteiger partial charge in [0.15, 0.2) is 11.5 Å². The minimum Gasteiger partial charge on any atom is -0.391 e. The van der Waals surface area contributed by atoms with E-state index in [2.05, 4.69) is 20.3 Å². The zero-order valence-corrected chi connectivity index (χ0v) is 10.4. The van der Waals surface area contributed by atoms with Crippen LogP contribution in [0.1, 0.15) is 17.9 Å². The second-order valence-electron chi connectivity index (χ2n) is 4.64. The number of aliphatic hydroxyl groups is 1. The smallest absolute Gasteiger partial charge is 0.391 e. The maximum absolute atomic E-state index is 12.3. The van der Waals surface area contributed by atoms with E-state index in [1.54, 1.807) is 0 Å². The Morgan fingerprint density at radius 1 is 1.55 bits per heavy atom. The maximum atomic E-state index is 12.3. The molecular weight excluding hydrogens is 279 g/mol. The molecule has 1 saturated heterocycles. The minimum atomic E-state index is -4.56. The Morgan fingerprint density at radius 3 is 2.85 bits per heavy atom. The van der Waals surface area contributed by atoms with E-state index in [1.165, 1.54) is 0 Å². The number of alkyl halides is 3. The first-order chi connectivity index (χ1) is 9.36. The lowest BCUT2D eigenvalue weighted by Crippen LogP contribution is -2.29. The first kappa shape index (κ1) is 14.8. The van der Waals surface area contributed by atoms with Gasteiger partial charge in [-0.25, -0.2) is 0 Å². The lowest BCUT2D eigenvalue weighted by Gasteiger charge is -2.12.